The van der Waals surface area contributed by atoms with Gasteiger partial charge in [0, 0.05) is 64.0 Å². The first-order valence-corrected chi connectivity index (χ1v) is 10.9. The van der Waals surface area contributed by atoms with Crippen LogP contribution in [0.1, 0.15) is 39.5 Å². The smallest absolute Gasteiger partial charge is 0.222 e. The summed E-state index contributed by atoms with van der Waals surface area (Å²) in [5.74, 6) is 1.33. The Hall–Kier alpha value is -2.24. The summed E-state index contributed by atoms with van der Waals surface area (Å²) in [4.78, 5) is 23.8. The number of guanidine groups is 1. The second-order valence-corrected chi connectivity index (χ2v) is 7.59. The molecule has 1 atom stereocenters. The first-order chi connectivity index (χ1) is 13.7. The summed E-state index contributed by atoms with van der Waals surface area (Å²) in [5.41, 5.74) is 1.30. The summed E-state index contributed by atoms with van der Waals surface area (Å²) < 4.78 is 0. The topological polar surface area (TPSA) is 51.2 Å². The second-order valence-electron chi connectivity index (χ2n) is 7.59. The molecule has 2 aliphatic heterocycles. The van der Waals surface area contributed by atoms with Crippen molar-refractivity contribution in [3.63, 3.8) is 0 Å². The van der Waals surface area contributed by atoms with E-state index in [9.17, 15) is 4.79 Å². The van der Waals surface area contributed by atoms with Crippen LogP contribution in [0, 0.1) is 0 Å². The molecule has 2 saturated heterocycles. The standard InChI is InChI=1S/C22H35N5O/c1-3-19(27-14-8-11-21(27)28)12-13-24-22(23-4-2)26-17-15-25(16-18-26)20-9-6-5-7-10-20/h5-7,9-10,19H,3-4,8,11-18H2,1-2H3,(H,23,24). The van der Waals surface area contributed by atoms with Crippen molar-refractivity contribution < 1.29 is 4.79 Å². The fourth-order valence-electron chi connectivity index (χ4n) is 4.20. The van der Waals surface area contributed by atoms with E-state index >= 15 is 0 Å². The van der Waals surface area contributed by atoms with Gasteiger partial charge in [-0.05, 0) is 38.3 Å². The Bertz CT molecular complexity index is 640. The van der Waals surface area contributed by atoms with E-state index in [-0.39, 0.29) is 0 Å². The van der Waals surface area contributed by atoms with Gasteiger partial charge < -0.3 is 20.0 Å². The van der Waals surface area contributed by atoms with Crippen molar-refractivity contribution in [3.05, 3.63) is 30.3 Å². The van der Waals surface area contributed by atoms with Crippen LogP contribution in [-0.4, -0.2) is 73.5 Å². The van der Waals surface area contributed by atoms with Crippen LogP contribution in [0.4, 0.5) is 5.69 Å². The van der Waals surface area contributed by atoms with E-state index in [2.05, 4.69) is 64.2 Å². The second kappa shape index (κ2) is 10.3. The number of hydrogen-bond acceptors (Lipinski definition) is 3. The quantitative estimate of drug-likeness (QED) is 0.579. The average Bonchev–Trinajstić information content (AvgIpc) is 3.17. The van der Waals surface area contributed by atoms with Crippen molar-refractivity contribution in [1.82, 2.24) is 15.1 Å². The van der Waals surface area contributed by atoms with Crippen LogP contribution in [0.2, 0.25) is 0 Å². The van der Waals surface area contributed by atoms with Gasteiger partial charge in [0.15, 0.2) is 5.96 Å². The predicted molar refractivity (Wildman–Crippen MR) is 116 cm³/mol. The molecule has 2 heterocycles. The lowest BCUT2D eigenvalue weighted by atomic mass is 10.1. The number of nitrogens with zero attached hydrogens (tertiary/aromatic N) is 4. The van der Waals surface area contributed by atoms with Gasteiger partial charge in [0.05, 0.1) is 0 Å². The third kappa shape index (κ3) is 5.18. The molecule has 6 heteroatoms. The van der Waals surface area contributed by atoms with Crippen molar-refractivity contribution >= 4 is 17.6 Å². The number of para-hydroxylation sites is 1. The Labute approximate surface area is 169 Å². The fraction of sp³-hybridized carbons (Fsp3) is 0.636. The van der Waals surface area contributed by atoms with E-state index in [1.54, 1.807) is 0 Å². The number of carbonyl (C=O) groups is 1. The van der Waals surface area contributed by atoms with Crippen molar-refractivity contribution in [3.8, 4) is 0 Å². The Morgan fingerprint density at radius 2 is 1.86 bits per heavy atom. The molecule has 3 rings (SSSR count). The molecule has 0 spiro atoms. The SMILES string of the molecule is CCNC(=NCCC(CC)N1CCCC1=O)N1CCN(c2ccccc2)CC1. The van der Waals surface area contributed by atoms with E-state index in [1.165, 1.54) is 5.69 Å². The van der Waals surface area contributed by atoms with Crippen LogP contribution in [0.5, 0.6) is 0 Å². The molecular weight excluding hydrogens is 350 g/mol. The number of carbonyl (C=O) groups excluding carboxylic acids is 1. The fourth-order valence-corrected chi connectivity index (χ4v) is 4.20. The summed E-state index contributed by atoms with van der Waals surface area (Å²) in [6.45, 7) is 10.8. The number of amides is 1. The maximum absolute atomic E-state index is 12.0. The lowest BCUT2D eigenvalue weighted by Gasteiger charge is -2.37. The largest absolute Gasteiger partial charge is 0.368 e. The summed E-state index contributed by atoms with van der Waals surface area (Å²) in [7, 11) is 0. The first-order valence-electron chi connectivity index (χ1n) is 10.9. The Kier molecular flexibility index (Phi) is 7.57. The van der Waals surface area contributed by atoms with Crippen molar-refractivity contribution in [2.45, 2.75) is 45.6 Å². The Morgan fingerprint density at radius 1 is 1.11 bits per heavy atom. The van der Waals surface area contributed by atoms with Gasteiger partial charge >= 0.3 is 0 Å². The van der Waals surface area contributed by atoms with Crippen molar-refractivity contribution in [2.75, 3.05) is 50.7 Å². The molecule has 2 aliphatic rings. The zero-order valence-corrected chi connectivity index (χ0v) is 17.4. The number of aliphatic imine (C=N–C) groups is 1. The molecule has 2 fully saturated rings. The monoisotopic (exact) mass is 385 g/mol. The van der Waals surface area contributed by atoms with Gasteiger partial charge in [-0.25, -0.2) is 0 Å². The molecular formula is C22H35N5O. The minimum absolute atomic E-state index is 0.319. The average molecular weight is 386 g/mol. The summed E-state index contributed by atoms with van der Waals surface area (Å²) in [6.07, 6.45) is 3.68. The maximum atomic E-state index is 12.0. The number of benzene rings is 1. The zero-order chi connectivity index (χ0) is 19.8. The molecule has 0 saturated carbocycles. The number of likely N-dealkylation sites (tertiary alicyclic amines) is 1. The molecule has 1 aromatic rings. The number of anilines is 1. The van der Waals surface area contributed by atoms with Crippen LogP contribution in [-0.2, 0) is 4.79 Å². The molecule has 154 valence electrons. The van der Waals surface area contributed by atoms with Crippen LogP contribution >= 0.6 is 0 Å². The number of hydrogen-bond donors (Lipinski definition) is 1. The highest BCUT2D eigenvalue weighted by Crippen LogP contribution is 2.18. The van der Waals surface area contributed by atoms with E-state index in [0.717, 1.165) is 71.0 Å². The molecule has 1 aromatic carbocycles. The van der Waals surface area contributed by atoms with E-state index in [4.69, 9.17) is 4.99 Å². The minimum atomic E-state index is 0.319. The number of piperazine rings is 1. The van der Waals surface area contributed by atoms with Gasteiger partial charge in [-0.1, -0.05) is 25.1 Å². The molecule has 1 N–H and O–H groups in total. The number of nitrogens with one attached hydrogen (secondary N) is 1. The van der Waals surface area contributed by atoms with Gasteiger partial charge in [-0.3, -0.25) is 9.79 Å². The Balaban J connectivity index is 1.53. The van der Waals surface area contributed by atoms with Crippen LogP contribution in [0.25, 0.3) is 0 Å². The van der Waals surface area contributed by atoms with E-state index in [1.807, 2.05) is 0 Å². The van der Waals surface area contributed by atoms with Crippen LogP contribution < -0.4 is 10.2 Å². The highest BCUT2D eigenvalue weighted by atomic mass is 16.2. The lowest BCUT2D eigenvalue weighted by molar-refractivity contribution is -0.129. The van der Waals surface area contributed by atoms with Gasteiger partial charge in [0.1, 0.15) is 0 Å². The molecule has 1 amide bonds. The van der Waals surface area contributed by atoms with E-state index in [0.29, 0.717) is 18.4 Å². The Morgan fingerprint density at radius 3 is 2.46 bits per heavy atom. The minimum Gasteiger partial charge on any atom is -0.368 e. The zero-order valence-electron chi connectivity index (χ0n) is 17.4. The van der Waals surface area contributed by atoms with Gasteiger partial charge in [0.2, 0.25) is 5.91 Å². The first kappa shape index (κ1) is 20.5. The molecule has 0 bridgehead atoms. The predicted octanol–water partition coefficient (Wildman–Crippen LogP) is 2.57. The van der Waals surface area contributed by atoms with Crippen LogP contribution in [0.15, 0.2) is 35.3 Å². The molecule has 1 unspecified atom stereocenters. The van der Waals surface area contributed by atoms with Gasteiger partial charge in [-0.2, -0.15) is 0 Å². The molecule has 28 heavy (non-hydrogen) atoms. The normalized spacial score (nSPS) is 19.3. The third-order valence-corrected chi connectivity index (χ3v) is 5.78. The lowest BCUT2D eigenvalue weighted by Crippen LogP contribution is -2.52. The van der Waals surface area contributed by atoms with Gasteiger partial charge in [-0.15, -0.1) is 0 Å². The summed E-state index contributed by atoms with van der Waals surface area (Å²) in [5, 5.41) is 3.45. The van der Waals surface area contributed by atoms with Crippen molar-refractivity contribution in [1.29, 1.82) is 0 Å². The van der Waals surface area contributed by atoms with E-state index < -0.39 is 0 Å². The summed E-state index contributed by atoms with van der Waals surface area (Å²) >= 11 is 0. The van der Waals surface area contributed by atoms with Gasteiger partial charge in [0.25, 0.3) is 0 Å². The highest BCUT2D eigenvalue weighted by molar-refractivity contribution is 5.80. The third-order valence-electron chi connectivity index (χ3n) is 5.78. The highest BCUT2D eigenvalue weighted by Gasteiger charge is 2.26. The van der Waals surface area contributed by atoms with Crippen LogP contribution in [0.3, 0.4) is 0 Å². The molecule has 0 aliphatic carbocycles. The van der Waals surface area contributed by atoms with Crippen molar-refractivity contribution in [2.24, 2.45) is 4.99 Å². The summed E-state index contributed by atoms with van der Waals surface area (Å²) in [6, 6.07) is 11.0. The molecule has 0 aromatic heterocycles. The molecule has 0 radical (unpaired) electrons. The molecule has 6 nitrogen and oxygen atoms in total. The number of rotatable bonds is 7. The maximum Gasteiger partial charge on any atom is 0.222 e.